The first-order valence-corrected chi connectivity index (χ1v) is 6.62. The van der Waals surface area contributed by atoms with E-state index in [1.54, 1.807) is 13.0 Å². The Morgan fingerprint density at radius 1 is 1.39 bits per heavy atom. The van der Waals surface area contributed by atoms with Gasteiger partial charge in [-0.05, 0) is 37.3 Å². The van der Waals surface area contributed by atoms with Crippen LogP contribution in [-0.2, 0) is 0 Å². The van der Waals surface area contributed by atoms with Crippen LogP contribution in [0.2, 0.25) is 0 Å². The predicted molar refractivity (Wildman–Crippen MR) is 72.3 cm³/mol. The summed E-state index contributed by atoms with van der Waals surface area (Å²) in [6.07, 6.45) is 1.54. The van der Waals surface area contributed by atoms with Gasteiger partial charge in [-0.1, -0.05) is 19.9 Å². The molecule has 1 heterocycles. The molecule has 1 fully saturated rings. The van der Waals surface area contributed by atoms with Crippen molar-refractivity contribution in [2.24, 2.45) is 5.41 Å². The van der Waals surface area contributed by atoms with Crippen LogP contribution >= 0.6 is 0 Å². The molecule has 1 aromatic rings. The molecule has 0 aliphatic carbocycles. The average Bonchev–Trinajstić information content (AvgIpc) is 2.26. The Morgan fingerprint density at radius 3 is 2.72 bits per heavy atom. The van der Waals surface area contributed by atoms with E-state index in [0.29, 0.717) is 5.56 Å². The molecule has 1 saturated heterocycles. The monoisotopic (exact) mass is 251 g/mol. The van der Waals surface area contributed by atoms with Crippen LogP contribution in [0.3, 0.4) is 0 Å². The summed E-state index contributed by atoms with van der Waals surface area (Å²) < 4.78 is 13.9. The summed E-state index contributed by atoms with van der Waals surface area (Å²) >= 11 is 0. The lowest BCUT2D eigenvalue weighted by Gasteiger charge is -2.40. The number of aliphatic hydroxyl groups excluding tert-OH is 1. The summed E-state index contributed by atoms with van der Waals surface area (Å²) in [5, 5.41) is 9.78. The molecular weight excluding hydrogens is 229 g/mol. The van der Waals surface area contributed by atoms with Gasteiger partial charge in [-0.15, -0.1) is 0 Å². The summed E-state index contributed by atoms with van der Waals surface area (Å²) in [5.74, 6) is -0.314. The van der Waals surface area contributed by atoms with E-state index < -0.39 is 6.10 Å². The van der Waals surface area contributed by atoms with Crippen molar-refractivity contribution >= 4 is 5.69 Å². The number of benzene rings is 1. The normalized spacial score (nSPS) is 20.8. The fraction of sp³-hybridized carbons (Fsp3) is 0.600. The second kappa shape index (κ2) is 4.88. The molecule has 1 aliphatic rings. The Kier molecular flexibility index (Phi) is 3.62. The van der Waals surface area contributed by atoms with E-state index in [1.165, 1.54) is 12.5 Å². The quantitative estimate of drug-likeness (QED) is 0.869. The molecule has 0 radical (unpaired) electrons. The van der Waals surface area contributed by atoms with E-state index in [4.69, 9.17) is 0 Å². The largest absolute Gasteiger partial charge is 0.389 e. The van der Waals surface area contributed by atoms with Crippen LogP contribution < -0.4 is 4.90 Å². The van der Waals surface area contributed by atoms with Crippen molar-refractivity contribution in [2.45, 2.75) is 39.7 Å². The van der Waals surface area contributed by atoms with E-state index >= 15 is 0 Å². The van der Waals surface area contributed by atoms with Gasteiger partial charge in [0, 0.05) is 24.3 Å². The van der Waals surface area contributed by atoms with E-state index in [2.05, 4.69) is 18.7 Å². The van der Waals surface area contributed by atoms with Crippen LogP contribution in [-0.4, -0.2) is 18.2 Å². The summed E-state index contributed by atoms with van der Waals surface area (Å²) in [6, 6.07) is 5.05. The zero-order valence-electron chi connectivity index (χ0n) is 11.4. The lowest BCUT2D eigenvalue weighted by Crippen LogP contribution is -2.40. The predicted octanol–water partition coefficient (Wildman–Crippen LogP) is 3.51. The second-order valence-corrected chi connectivity index (χ2v) is 6.04. The van der Waals surface area contributed by atoms with Crippen LogP contribution in [0.1, 0.15) is 45.3 Å². The summed E-state index contributed by atoms with van der Waals surface area (Å²) in [6.45, 7) is 7.95. The summed E-state index contributed by atoms with van der Waals surface area (Å²) in [5.41, 5.74) is 1.52. The zero-order chi connectivity index (χ0) is 13.3. The number of rotatable bonds is 2. The minimum Gasteiger partial charge on any atom is -0.389 e. The molecule has 1 aromatic carbocycles. The number of hydrogen-bond donors (Lipinski definition) is 1. The van der Waals surface area contributed by atoms with Crippen molar-refractivity contribution in [3.63, 3.8) is 0 Å². The Balaban J connectivity index is 2.36. The molecule has 0 amide bonds. The smallest absolute Gasteiger partial charge is 0.131 e. The van der Waals surface area contributed by atoms with E-state index in [1.807, 2.05) is 6.07 Å². The standard InChI is InChI=1S/C15H22FNO/c1-11(18)14-12(16)6-4-7-13(14)17-9-5-8-15(2,3)10-17/h4,6-7,11,18H,5,8-10H2,1-3H3. The SMILES string of the molecule is CC(O)c1c(F)cccc1N1CCCC(C)(C)C1. The highest BCUT2D eigenvalue weighted by molar-refractivity contribution is 5.55. The van der Waals surface area contributed by atoms with Gasteiger partial charge < -0.3 is 10.0 Å². The van der Waals surface area contributed by atoms with Crippen LogP contribution in [0.4, 0.5) is 10.1 Å². The van der Waals surface area contributed by atoms with Gasteiger partial charge >= 0.3 is 0 Å². The van der Waals surface area contributed by atoms with Crippen LogP contribution in [0.15, 0.2) is 18.2 Å². The first kappa shape index (κ1) is 13.3. The summed E-state index contributed by atoms with van der Waals surface area (Å²) in [4.78, 5) is 2.20. The third kappa shape index (κ3) is 2.66. The van der Waals surface area contributed by atoms with E-state index in [0.717, 1.165) is 25.2 Å². The number of hydrogen-bond acceptors (Lipinski definition) is 2. The molecule has 100 valence electrons. The van der Waals surface area contributed by atoms with Crippen molar-refractivity contribution < 1.29 is 9.50 Å². The Hall–Kier alpha value is -1.09. The first-order valence-electron chi connectivity index (χ1n) is 6.62. The van der Waals surface area contributed by atoms with E-state index in [-0.39, 0.29) is 11.2 Å². The van der Waals surface area contributed by atoms with Gasteiger partial charge in [0.05, 0.1) is 6.10 Å². The fourth-order valence-corrected chi connectivity index (χ4v) is 2.84. The molecule has 1 atom stereocenters. The molecule has 2 rings (SSSR count). The highest BCUT2D eigenvalue weighted by Gasteiger charge is 2.28. The maximum absolute atomic E-state index is 13.9. The number of anilines is 1. The van der Waals surface area contributed by atoms with Crippen molar-refractivity contribution in [3.8, 4) is 0 Å². The maximum atomic E-state index is 13.9. The van der Waals surface area contributed by atoms with Crippen LogP contribution in [0.5, 0.6) is 0 Å². The third-order valence-electron chi connectivity index (χ3n) is 3.69. The minimum atomic E-state index is -0.772. The van der Waals surface area contributed by atoms with Gasteiger partial charge in [-0.3, -0.25) is 0 Å². The van der Waals surface area contributed by atoms with Gasteiger partial charge in [-0.2, -0.15) is 0 Å². The van der Waals surface area contributed by atoms with Gasteiger partial charge in [-0.25, -0.2) is 4.39 Å². The molecule has 0 bridgehead atoms. The van der Waals surface area contributed by atoms with Crippen molar-refractivity contribution in [3.05, 3.63) is 29.6 Å². The number of aliphatic hydroxyl groups is 1. The molecule has 1 aliphatic heterocycles. The average molecular weight is 251 g/mol. The highest BCUT2D eigenvalue weighted by atomic mass is 19.1. The highest BCUT2D eigenvalue weighted by Crippen LogP contribution is 2.35. The van der Waals surface area contributed by atoms with Crippen molar-refractivity contribution in [1.82, 2.24) is 0 Å². The summed E-state index contributed by atoms with van der Waals surface area (Å²) in [7, 11) is 0. The molecular formula is C15H22FNO. The van der Waals surface area contributed by atoms with Gasteiger partial charge in [0.15, 0.2) is 0 Å². The number of halogens is 1. The molecule has 0 saturated carbocycles. The Morgan fingerprint density at radius 2 is 2.11 bits per heavy atom. The third-order valence-corrected chi connectivity index (χ3v) is 3.69. The molecule has 0 aromatic heterocycles. The molecule has 1 unspecified atom stereocenters. The topological polar surface area (TPSA) is 23.5 Å². The lowest BCUT2D eigenvalue weighted by molar-refractivity contribution is 0.193. The first-order chi connectivity index (χ1) is 8.41. The fourth-order valence-electron chi connectivity index (χ4n) is 2.84. The molecule has 1 N–H and O–H groups in total. The number of nitrogens with zero attached hydrogens (tertiary/aromatic N) is 1. The van der Waals surface area contributed by atoms with Gasteiger partial charge in [0.25, 0.3) is 0 Å². The second-order valence-electron chi connectivity index (χ2n) is 6.04. The minimum absolute atomic E-state index is 0.251. The van der Waals surface area contributed by atoms with Gasteiger partial charge in [0.2, 0.25) is 0 Å². The zero-order valence-corrected chi connectivity index (χ0v) is 11.4. The Bertz CT molecular complexity index is 429. The lowest BCUT2D eigenvalue weighted by atomic mass is 9.83. The van der Waals surface area contributed by atoms with Crippen LogP contribution in [0, 0.1) is 11.2 Å². The molecule has 18 heavy (non-hydrogen) atoms. The van der Waals surface area contributed by atoms with Crippen molar-refractivity contribution in [1.29, 1.82) is 0 Å². The molecule has 2 nitrogen and oxygen atoms in total. The Labute approximate surface area is 108 Å². The maximum Gasteiger partial charge on any atom is 0.131 e. The van der Waals surface area contributed by atoms with E-state index in [9.17, 15) is 9.50 Å². The van der Waals surface area contributed by atoms with Crippen LogP contribution in [0.25, 0.3) is 0 Å². The van der Waals surface area contributed by atoms with Crippen molar-refractivity contribution in [2.75, 3.05) is 18.0 Å². The molecule has 3 heteroatoms. The van der Waals surface area contributed by atoms with Gasteiger partial charge in [0.1, 0.15) is 5.82 Å². The number of piperidine rings is 1. The molecule has 0 spiro atoms.